The molecular formula is C26H23ClF3N5O3S. The van der Waals surface area contributed by atoms with Gasteiger partial charge in [0, 0.05) is 43.5 Å². The number of pyridine rings is 1. The molecule has 2 aromatic carbocycles. The van der Waals surface area contributed by atoms with Crippen molar-refractivity contribution in [2.45, 2.75) is 26.1 Å². The van der Waals surface area contributed by atoms with Gasteiger partial charge in [-0.2, -0.15) is 13.2 Å². The molecule has 0 bridgehead atoms. The molecule has 0 spiro atoms. The normalized spacial score (nSPS) is 13.0. The Balaban J connectivity index is 1.67. The Labute approximate surface area is 227 Å². The van der Waals surface area contributed by atoms with E-state index in [0.717, 1.165) is 33.7 Å². The molecule has 1 unspecified atom stereocenters. The van der Waals surface area contributed by atoms with Gasteiger partial charge in [0.15, 0.2) is 0 Å². The highest BCUT2D eigenvalue weighted by Gasteiger charge is 2.33. The van der Waals surface area contributed by atoms with Crippen LogP contribution in [0.15, 0.2) is 53.6 Å². The summed E-state index contributed by atoms with van der Waals surface area (Å²) < 4.78 is 65.8. The first-order valence-electron chi connectivity index (χ1n) is 11.8. The van der Waals surface area contributed by atoms with Crippen molar-refractivity contribution in [1.82, 2.24) is 23.8 Å². The quantitative estimate of drug-likeness (QED) is 0.232. The van der Waals surface area contributed by atoms with E-state index in [1.165, 1.54) is 16.7 Å². The van der Waals surface area contributed by atoms with Crippen LogP contribution in [0.2, 0.25) is 5.02 Å². The number of rotatable bonds is 7. The molecule has 8 nitrogen and oxygen atoms in total. The summed E-state index contributed by atoms with van der Waals surface area (Å²) in [7, 11) is 1.66. The molecule has 0 radical (unpaired) electrons. The van der Waals surface area contributed by atoms with Crippen LogP contribution in [0.5, 0.6) is 0 Å². The zero-order valence-corrected chi connectivity index (χ0v) is 22.3. The zero-order chi connectivity index (χ0) is 28.1. The highest BCUT2D eigenvalue weighted by molar-refractivity contribution is 7.77. The number of fused-ring (bicyclic) bond motifs is 2. The summed E-state index contributed by atoms with van der Waals surface area (Å²) in [5.74, 6) is 0.630. The average Bonchev–Trinajstić information content (AvgIpc) is 3.46. The topological polar surface area (TPSA) is 105 Å². The van der Waals surface area contributed by atoms with Crippen molar-refractivity contribution in [3.8, 4) is 11.1 Å². The standard InChI is InChI=1S/C26H23ClF3N5O3S/c1-14-33-23-16(5-8-32-39(37)38)10-17(19-13-34(2)25(36)24-18(19)6-7-31-24)11-22(23)35(14)12-15-3-4-20(21(27)9-15)26(28,29)30/h3-4,6-7,9-11,13,31-32H,5,8,12H2,1-2H3,(H,37,38). The summed E-state index contributed by atoms with van der Waals surface area (Å²) in [5.41, 5.74) is 3.71. The second-order valence-electron chi connectivity index (χ2n) is 9.18. The van der Waals surface area contributed by atoms with Gasteiger partial charge < -0.3 is 14.1 Å². The number of hydrogen-bond donors (Lipinski definition) is 3. The lowest BCUT2D eigenvalue weighted by Gasteiger charge is -2.14. The summed E-state index contributed by atoms with van der Waals surface area (Å²) in [5, 5.41) is 0.349. The summed E-state index contributed by atoms with van der Waals surface area (Å²) >= 11 is 3.79. The molecule has 3 aromatic heterocycles. The van der Waals surface area contributed by atoms with Crippen LogP contribution in [0.3, 0.4) is 0 Å². The van der Waals surface area contributed by atoms with Crippen LogP contribution in [0.1, 0.15) is 22.5 Å². The van der Waals surface area contributed by atoms with Gasteiger partial charge in [0.2, 0.25) is 11.3 Å². The van der Waals surface area contributed by atoms with Crippen LogP contribution in [0, 0.1) is 6.92 Å². The van der Waals surface area contributed by atoms with Gasteiger partial charge in [0.25, 0.3) is 5.56 Å². The maximum absolute atomic E-state index is 13.2. The molecule has 0 aliphatic heterocycles. The molecule has 204 valence electrons. The van der Waals surface area contributed by atoms with Crippen molar-refractivity contribution in [3.05, 3.63) is 86.7 Å². The Morgan fingerprint density at radius 1 is 1.21 bits per heavy atom. The second kappa shape index (κ2) is 10.3. The van der Waals surface area contributed by atoms with Gasteiger partial charge in [0.05, 0.1) is 21.6 Å². The number of benzene rings is 2. The molecule has 13 heteroatoms. The highest BCUT2D eigenvalue weighted by atomic mass is 35.5. The lowest BCUT2D eigenvalue weighted by molar-refractivity contribution is -0.137. The lowest BCUT2D eigenvalue weighted by Crippen LogP contribution is -2.19. The number of aromatic nitrogens is 4. The smallest absolute Gasteiger partial charge is 0.357 e. The van der Waals surface area contributed by atoms with Gasteiger partial charge in [0.1, 0.15) is 11.3 Å². The summed E-state index contributed by atoms with van der Waals surface area (Å²) in [6.45, 7) is 2.22. The minimum absolute atomic E-state index is 0.172. The maximum Gasteiger partial charge on any atom is 0.417 e. The molecule has 0 saturated carbocycles. The van der Waals surface area contributed by atoms with E-state index < -0.39 is 23.0 Å². The monoisotopic (exact) mass is 577 g/mol. The van der Waals surface area contributed by atoms with Crippen molar-refractivity contribution in [2.75, 3.05) is 6.54 Å². The van der Waals surface area contributed by atoms with Gasteiger partial charge in [-0.3, -0.25) is 9.35 Å². The number of aromatic amines is 1. The number of nitrogens with one attached hydrogen (secondary N) is 2. The van der Waals surface area contributed by atoms with Crippen molar-refractivity contribution in [2.24, 2.45) is 7.05 Å². The number of nitrogens with zero attached hydrogens (tertiary/aromatic N) is 3. The predicted octanol–water partition coefficient (Wildman–Crippen LogP) is 5.18. The van der Waals surface area contributed by atoms with Gasteiger partial charge in [-0.1, -0.05) is 17.7 Å². The second-order valence-corrected chi connectivity index (χ2v) is 10.4. The Bertz CT molecular complexity index is 1810. The zero-order valence-electron chi connectivity index (χ0n) is 20.8. The molecule has 3 heterocycles. The third-order valence-corrected chi connectivity index (χ3v) is 7.39. The fraction of sp³-hybridized carbons (Fsp3) is 0.231. The van der Waals surface area contributed by atoms with Gasteiger partial charge in [-0.05, 0) is 60.4 Å². The van der Waals surface area contributed by atoms with Gasteiger partial charge in [-0.15, -0.1) is 0 Å². The molecule has 5 aromatic rings. The highest BCUT2D eigenvalue weighted by Crippen LogP contribution is 2.36. The molecule has 1 atom stereocenters. The molecule has 0 aliphatic rings. The van der Waals surface area contributed by atoms with Crippen LogP contribution in [0.25, 0.3) is 33.1 Å². The van der Waals surface area contributed by atoms with E-state index >= 15 is 0 Å². The first-order valence-corrected chi connectivity index (χ1v) is 13.3. The molecule has 3 N–H and O–H groups in total. The van der Waals surface area contributed by atoms with Crippen molar-refractivity contribution in [1.29, 1.82) is 0 Å². The van der Waals surface area contributed by atoms with Crippen LogP contribution in [-0.4, -0.2) is 34.4 Å². The Hall–Kier alpha value is -3.45. The maximum atomic E-state index is 13.2. The molecular weight excluding hydrogens is 555 g/mol. The molecule has 0 saturated heterocycles. The molecule has 39 heavy (non-hydrogen) atoms. The van der Waals surface area contributed by atoms with Gasteiger partial charge in [-0.25, -0.2) is 13.9 Å². The van der Waals surface area contributed by atoms with E-state index in [4.69, 9.17) is 21.1 Å². The van der Waals surface area contributed by atoms with Crippen molar-refractivity contribution < 1.29 is 21.9 Å². The van der Waals surface area contributed by atoms with Crippen molar-refractivity contribution in [3.63, 3.8) is 0 Å². The van der Waals surface area contributed by atoms with E-state index in [-0.39, 0.29) is 23.7 Å². The van der Waals surface area contributed by atoms with Crippen LogP contribution in [-0.2, 0) is 37.5 Å². The summed E-state index contributed by atoms with van der Waals surface area (Å²) in [6.07, 6.45) is -0.740. The fourth-order valence-corrected chi connectivity index (χ4v) is 5.38. The van der Waals surface area contributed by atoms with Gasteiger partial charge >= 0.3 is 6.18 Å². The van der Waals surface area contributed by atoms with E-state index in [1.807, 2.05) is 22.8 Å². The van der Waals surface area contributed by atoms with Crippen LogP contribution in [0.4, 0.5) is 13.2 Å². The first-order chi connectivity index (χ1) is 18.4. The summed E-state index contributed by atoms with van der Waals surface area (Å²) in [4.78, 5) is 20.3. The predicted molar refractivity (Wildman–Crippen MR) is 145 cm³/mol. The van der Waals surface area contributed by atoms with E-state index in [9.17, 15) is 22.2 Å². The summed E-state index contributed by atoms with van der Waals surface area (Å²) in [6, 6.07) is 9.34. The number of halogens is 4. The number of H-pyrrole nitrogens is 1. The van der Waals surface area contributed by atoms with E-state index in [0.29, 0.717) is 28.8 Å². The minimum Gasteiger partial charge on any atom is -0.357 e. The number of imidazole rings is 1. The molecule has 0 aliphatic carbocycles. The van der Waals surface area contributed by atoms with E-state index in [2.05, 4.69) is 9.71 Å². The van der Waals surface area contributed by atoms with Crippen LogP contribution < -0.4 is 10.3 Å². The number of aryl methyl sites for hydroxylation is 2. The molecule has 5 rings (SSSR count). The third-order valence-electron chi connectivity index (χ3n) is 6.63. The largest absolute Gasteiger partial charge is 0.417 e. The molecule has 0 amide bonds. The Morgan fingerprint density at radius 2 is 1.97 bits per heavy atom. The molecule has 0 fully saturated rings. The Kier molecular flexibility index (Phi) is 7.14. The minimum atomic E-state index is -4.55. The number of alkyl halides is 3. The van der Waals surface area contributed by atoms with Crippen LogP contribution >= 0.6 is 11.6 Å². The Morgan fingerprint density at radius 3 is 2.67 bits per heavy atom. The fourth-order valence-electron chi connectivity index (χ4n) is 4.80. The van der Waals surface area contributed by atoms with E-state index in [1.54, 1.807) is 26.4 Å². The SMILES string of the molecule is Cc1nc2c(CCNS(=O)O)cc(-c3cn(C)c(=O)c4[nH]ccc34)cc2n1Cc1ccc(C(F)(F)F)c(Cl)c1. The average molecular weight is 578 g/mol. The first kappa shape index (κ1) is 27.1. The number of hydrogen-bond acceptors (Lipinski definition) is 3. The lowest BCUT2D eigenvalue weighted by atomic mass is 9.99. The third kappa shape index (κ3) is 5.24. The van der Waals surface area contributed by atoms with Crippen molar-refractivity contribution >= 4 is 44.8 Å².